The van der Waals surface area contributed by atoms with Crippen LogP contribution in [-0.2, 0) is 0 Å². The fourth-order valence-corrected chi connectivity index (χ4v) is 1.53. The van der Waals surface area contributed by atoms with Gasteiger partial charge < -0.3 is 0 Å². The Labute approximate surface area is 91.2 Å². The summed E-state index contributed by atoms with van der Waals surface area (Å²) in [5.74, 6) is 0. The largest absolute Gasteiger partial charge is 0.0991 e. The van der Waals surface area contributed by atoms with Crippen molar-refractivity contribution in [2.24, 2.45) is 0 Å². The molecule has 0 amide bonds. The molecular weight excluding hydrogens is 224 g/mol. The number of alkyl halides is 1. The van der Waals surface area contributed by atoms with Crippen LogP contribution in [0.4, 0.5) is 0 Å². The van der Waals surface area contributed by atoms with Crippen LogP contribution in [0.2, 0.25) is 0 Å². The van der Waals surface area contributed by atoms with E-state index >= 15 is 0 Å². The van der Waals surface area contributed by atoms with Gasteiger partial charge in [-0.15, -0.1) is 0 Å². The van der Waals surface area contributed by atoms with E-state index in [1.54, 1.807) is 0 Å². The number of hydrogen-bond acceptors (Lipinski definition) is 0. The first kappa shape index (κ1) is 13.0. The van der Waals surface area contributed by atoms with Gasteiger partial charge in [0, 0.05) is 4.83 Å². The van der Waals surface area contributed by atoms with Gasteiger partial charge in [0.2, 0.25) is 0 Å². The highest BCUT2D eigenvalue weighted by Gasteiger charge is 1.98. The summed E-state index contributed by atoms with van der Waals surface area (Å²) < 4.78 is 0. The summed E-state index contributed by atoms with van der Waals surface area (Å²) in [5.41, 5.74) is 0. The van der Waals surface area contributed by atoms with E-state index in [9.17, 15) is 0 Å². The van der Waals surface area contributed by atoms with Crippen molar-refractivity contribution in [2.45, 2.75) is 50.3 Å². The molecule has 76 valence electrons. The van der Waals surface area contributed by atoms with E-state index in [1.165, 1.54) is 38.5 Å². The van der Waals surface area contributed by atoms with E-state index in [0.717, 1.165) is 4.83 Å². The summed E-state index contributed by atoms with van der Waals surface area (Å²) in [6.45, 7) is 5.86. The van der Waals surface area contributed by atoms with Crippen LogP contribution in [0.1, 0.15) is 45.4 Å². The van der Waals surface area contributed by atoms with Gasteiger partial charge in [-0.1, -0.05) is 60.5 Å². The van der Waals surface area contributed by atoms with Gasteiger partial charge in [0.25, 0.3) is 0 Å². The summed E-state index contributed by atoms with van der Waals surface area (Å²) in [6.07, 6.45) is 13.8. The molecule has 0 aromatic rings. The van der Waals surface area contributed by atoms with Crippen LogP contribution in [0.15, 0.2) is 24.8 Å². The highest BCUT2D eigenvalue weighted by atomic mass is 79.9. The molecule has 0 saturated heterocycles. The lowest BCUT2D eigenvalue weighted by atomic mass is 10.1. The molecule has 0 bridgehead atoms. The highest BCUT2D eigenvalue weighted by molar-refractivity contribution is 9.09. The van der Waals surface area contributed by atoms with Crippen molar-refractivity contribution in [1.82, 2.24) is 0 Å². The van der Waals surface area contributed by atoms with Gasteiger partial charge in [0.05, 0.1) is 0 Å². The molecule has 0 rings (SSSR count). The van der Waals surface area contributed by atoms with Crippen LogP contribution < -0.4 is 0 Å². The van der Waals surface area contributed by atoms with Crippen molar-refractivity contribution in [3.8, 4) is 0 Å². The summed E-state index contributed by atoms with van der Waals surface area (Å²) in [6, 6.07) is 0. The van der Waals surface area contributed by atoms with Crippen LogP contribution >= 0.6 is 15.9 Å². The van der Waals surface area contributed by atoms with E-state index in [-0.39, 0.29) is 0 Å². The zero-order chi connectivity index (χ0) is 9.94. The molecule has 0 saturated carbocycles. The van der Waals surface area contributed by atoms with Crippen LogP contribution in [0.3, 0.4) is 0 Å². The van der Waals surface area contributed by atoms with E-state index in [1.807, 2.05) is 12.2 Å². The predicted molar refractivity (Wildman–Crippen MR) is 65.4 cm³/mol. The van der Waals surface area contributed by atoms with Crippen molar-refractivity contribution in [3.05, 3.63) is 24.8 Å². The smallest absolute Gasteiger partial charge is 0.0143 e. The Morgan fingerprint density at radius 2 is 2.08 bits per heavy atom. The Balaban J connectivity index is 3.07. The second-order valence-electron chi connectivity index (χ2n) is 3.31. The van der Waals surface area contributed by atoms with Gasteiger partial charge in [0.15, 0.2) is 0 Å². The molecule has 0 nitrogen and oxygen atoms in total. The van der Waals surface area contributed by atoms with Crippen LogP contribution in [0, 0.1) is 0 Å². The second kappa shape index (κ2) is 10.0. The minimum atomic E-state index is 0.733. The van der Waals surface area contributed by atoms with E-state index in [2.05, 4.69) is 35.5 Å². The van der Waals surface area contributed by atoms with Gasteiger partial charge in [-0.3, -0.25) is 0 Å². The molecule has 0 N–H and O–H groups in total. The molecule has 1 heteroatoms. The molecule has 0 spiro atoms. The second-order valence-corrected chi connectivity index (χ2v) is 4.60. The zero-order valence-corrected chi connectivity index (χ0v) is 10.2. The molecule has 0 fully saturated rings. The minimum Gasteiger partial charge on any atom is -0.0991 e. The number of halogens is 1. The van der Waals surface area contributed by atoms with E-state index < -0.39 is 0 Å². The Morgan fingerprint density at radius 3 is 2.69 bits per heavy atom. The van der Waals surface area contributed by atoms with Crippen LogP contribution in [0.5, 0.6) is 0 Å². The number of unbranched alkanes of at least 4 members (excludes halogenated alkanes) is 3. The van der Waals surface area contributed by atoms with Crippen LogP contribution in [-0.4, -0.2) is 4.83 Å². The quantitative estimate of drug-likeness (QED) is 0.325. The first-order chi connectivity index (χ1) is 6.31. The standard InChI is InChI=1S/C12H21Br/c1-3-5-6-7-8-9-10-11-12(13)4-2/h3,5-6,12H,1,4,7-11H2,2H3. The monoisotopic (exact) mass is 244 g/mol. The predicted octanol–water partition coefficient (Wildman–Crippen LogP) is 4.85. The Kier molecular flexibility index (Phi) is 10.0. The molecule has 0 aliphatic carbocycles. The lowest BCUT2D eigenvalue weighted by Crippen LogP contribution is -1.93. The van der Waals surface area contributed by atoms with Crippen molar-refractivity contribution >= 4 is 15.9 Å². The molecule has 0 aromatic carbocycles. The number of rotatable bonds is 8. The van der Waals surface area contributed by atoms with Gasteiger partial charge in [-0.25, -0.2) is 0 Å². The number of hydrogen-bond donors (Lipinski definition) is 0. The normalized spacial score (nSPS) is 13.4. The van der Waals surface area contributed by atoms with Gasteiger partial charge in [-0.2, -0.15) is 0 Å². The van der Waals surface area contributed by atoms with Gasteiger partial charge in [-0.05, 0) is 25.7 Å². The highest BCUT2D eigenvalue weighted by Crippen LogP contribution is 2.14. The van der Waals surface area contributed by atoms with Crippen molar-refractivity contribution in [2.75, 3.05) is 0 Å². The fourth-order valence-electron chi connectivity index (χ4n) is 1.20. The first-order valence-electron chi connectivity index (χ1n) is 5.22. The minimum absolute atomic E-state index is 0.733. The number of allylic oxidation sites excluding steroid dienone is 3. The SMILES string of the molecule is C=CC=CCCCCCC(Br)CC. The molecule has 0 aliphatic heterocycles. The third-order valence-corrected chi connectivity index (χ3v) is 3.21. The molecule has 1 unspecified atom stereocenters. The summed E-state index contributed by atoms with van der Waals surface area (Å²) in [5, 5.41) is 0. The van der Waals surface area contributed by atoms with Gasteiger partial charge in [0.1, 0.15) is 0 Å². The first-order valence-corrected chi connectivity index (χ1v) is 6.14. The third-order valence-electron chi connectivity index (χ3n) is 2.10. The summed E-state index contributed by atoms with van der Waals surface area (Å²) >= 11 is 3.64. The maximum Gasteiger partial charge on any atom is 0.0143 e. The van der Waals surface area contributed by atoms with Gasteiger partial charge >= 0.3 is 0 Å². The van der Waals surface area contributed by atoms with E-state index in [0.29, 0.717) is 0 Å². The van der Waals surface area contributed by atoms with Crippen LogP contribution in [0.25, 0.3) is 0 Å². The Bertz CT molecular complexity index is 138. The molecule has 0 aromatic heterocycles. The molecule has 0 heterocycles. The lowest BCUT2D eigenvalue weighted by molar-refractivity contribution is 0.625. The van der Waals surface area contributed by atoms with Crippen molar-refractivity contribution < 1.29 is 0 Å². The van der Waals surface area contributed by atoms with Crippen molar-refractivity contribution in [3.63, 3.8) is 0 Å². The average molecular weight is 245 g/mol. The zero-order valence-electron chi connectivity index (χ0n) is 8.64. The third kappa shape index (κ3) is 9.88. The summed E-state index contributed by atoms with van der Waals surface area (Å²) in [4.78, 5) is 0.733. The summed E-state index contributed by atoms with van der Waals surface area (Å²) in [7, 11) is 0. The molecule has 1 atom stereocenters. The molecule has 0 radical (unpaired) electrons. The molecular formula is C12H21Br. The Morgan fingerprint density at radius 1 is 1.31 bits per heavy atom. The Hall–Kier alpha value is -0.0400. The topological polar surface area (TPSA) is 0 Å². The lowest BCUT2D eigenvalue weighted by Gasteiger charge is -2.04. The average Bonchev–Trinajstić information content (AvgIpc) is 2.16. The molecule has 0 aliphatic rings. The maximum atomic E-state index is 3.64. The fraction of sp³-hybridized carbons (Fsp3) is 0.667. The maximum absolute atomic E-state index is 3.64. The van der Waals surface area contributed by atoms with Crippen molar-refractivity contribution in [1.29, 1.82) is 0 Å². The van der Waals surface area contributed by atoms with E-state index in [4.69, 9.17) is 0 Å². The molecule has 13 heavy (non-hydrogen) atoms.